The molecule has 0 amide bonds. The number of hydrogen-bond acceptors (Lipinski definition) is 8. The fourth-order valence-corrected chi connectivity index (χ4v) is 4.58. The minimum atomic E-state index is -0.348. The normalized spacial score (nSPS) is 16.3. The number of hydrogen-bond donors (Lipinski definition) is 1. The summed E-state index contributed by atoms with van der Waals surface area (Å²) in [4.78, 5) is 27.1. The number of rotatable bonds is 5. The third-order valence-corrected chi connectivity index (χ3v) is 6.67. The fraction of sp³-hybridized carbons (Fsp3) is 0.360. The first-order valence-electron chi connectivity index (χ1n) is 11.6. The Balaban J connectivity index is 1.26. The van der Waals surface area contributed by atoms with Crippen LogP contribution in [0.15, 0.2) is 48.7 Å². The molecule has 1 N–H and O–H groups in total. The van der Waals surface area contributed by atoms with Crippen molar-refractivity contribution in [1.82, 2.24) is 14.9 Å². The molecular formula is C25H29N7O2. The monoisotopic (exact) mass is 459 g/mol. The van der Waals surface area contributed by atoms with Crippen LogP contribution < -0.4 is 15.1 Å². The molecule has 0 unspecified atom stereocenters. The highest BCUT2D eigenvalue weighted by atomic mass is 16.6. The van der Waals surface area contributed by atoms with Gasteiger partial charge in [0.05, 0.1) is 10.6 Å². The van der Waals surface area contributed by atoms with Crippen LogP contribution in [-0.4, -0.2) is 59.6 Å². The van der Waals surface area contributed by atoms with Gasteiger partial charge in [0.2, 0.25) is 5.95 Å². The molecule has 1 fully saturated rings. The number of fused-ring (bicyclic) bond motifs is 1. The highest BCUT2D eigenvalue weighted by molar-refractivity contribution is 5.61. The molecule has 0 atom stereocenters. The predicted molar refractivity (Wildman–Crippen MR) is 134 cm³/mol. The summed E-state index contributed by atoms with van der Waals surface area (Å²) in [5.41, 5.74) is 6.29. The first-order chi connectivity index (χ1) is 16.5. The van der Waals surface area contributed by atoms with Crippen molar-refractivity contribution in [2.24, 2.45) is 0 Å². The topological polar surface area (TPSA) is 90.7 Å². The Hall–Kier alpha value is -3.72. The molecule has 2 aromatic carbocycles. The van der Waals surface area contributed by atoms with Crippen LogP contribution in [0.3, 0.4) is 0 Å². The highest BCUT2D eigenvalue weighted by Crippen LogP contribution is 2.30. The molecule has 1 aromatic heterocycles. The smallest absolute Gasteiger partial charge is 0.271 e. The van der Waals surface area contributed by atoms with Crippen molar-refractivity contribution < 1.29 is 4.92 Å². The Morgan fingerprint density at radius 2 is 1.76 bits per heavy atom. The zero-order valence-corrected chi connectivity index (χ0v) is 19.6. The molecular weight excluding hydrogens is 430 g/mol. The lowest BCUT2D eigenvalue weighted by Crippen LogP contribution is -2.44. The van der Waals surface area contributed by atoms with E-state index in [4.69, 9.17) is 4.98 Å². The Kier molecular flexibility index (Phi) is 6.02. The van der Waals surface area contributed by atoms with Gasteiger partial charge in [0, 0.05) is 86.6 Å². The molecule has 5 rings (SSSR count). The number of nitrogens with one attached hydrogen (secondary N) is 1. The molecule has 0 aliphatic carbocycles. The minimum Gasteiger partial charge on any atom is -0.369 e. The summed E-state index contributed by atoms with van der Waals surface area (Å²) in [6.45, 7) is 7.63. The third kappa shape index (κ3) is 4.65. The lowest BCUT2D eigenvalue weighted by molar-refractivity contribution is -0.384. The van der Waals surface area contributed by atoms with E-state index >= 15 is 0 Å². The number of nitro groups is 1. The maximum Gasteiger partial charge on any atom is 0.271 e. The molecule has 9 nitrogen and oxygen atoms in total. The molecule has 3 aromatic rings. The number of piperazine rings is 1. The van der Waals surface area contributed by atoms with Gasteiger partial charge < -0.3 is 20.0 Å². The summed E-state index contributed by atoms with van der Waals surface area (Å²) in [5, 5.41) is 14.5. The molecule has 3 heterocycles. The van der Waals surface area contributed by atoms with E-state index in [9.17, 15) is 10.1 Å². The minimum absolute atomic E-state index is 0.112. The Morgan fingerprint density at radius 1 is 1.00 bits per heavy atom. The Bertz CT molecular complexity index is 1190. The van der Waals surface area contributed by atoms with Gasteiger partial charge in [-0.1, -0.05) is 6.07 Å². The second kappa shape index (κ2) is 9.26. The highest BCUT2D eigenvalue weighted by Gasteiger charge is 2.22. The molecule has 9 heteroatoms. The van der Waals surface area contributed by atoms with Gasteiger partial charge in [-0.15, -0.1) is 0 Å². The Morgan fingerprint density at radius 3 is 2.50 bits per heavy atom. The van der Waals surface area contributed by atoms with Gasteiger partial charge in [-0.05, 0) is 43.8 Å². The van der Waals surface area contributed by atoms with Crippen molar-refractivity contribution >= 4 is 28.7 Å². The molecule has 0 bridgehead atoms. The standard InChI is InChI=1S/C25H29N7O2/c1-18-3-6-22(32(33)34)15-24(18)31-10-9-23-19(17-31)16-26-25(28-23)27-20-4-7-21(8-5-20)30-13-11-29(2)12-14-30/h3-8,15-16H,9-14,17H2,1-2H3,(H,26,27,28). The van der Waals surface area contributed by atoms with Gasteiger partial charge in [-0.3, -0.25) is 10.1 Å². The fourth-order valence-electron chi connectivity index (χ4n) is 4.58. The number of nitrogens with zero attached hydrogens (tertiary/aromatic N) is 6. The summed E-state index contributed by atoms with van der Waals surface area (Å²) < 4.78 is 0. The van der Waals surface area contributed by atoms with Crippen LogP contribution in [0.1, 0.15) is 16.8 Å². The quantitative estimate of drug-likeness (QED) is 0.456. The van der Waals surface area contributed by atoms with Gasteiger partial charge >= 0.3 is 0 Å². The number of anilines is 4. The summed E-state index contributed by atoms with van der Waals surface area (Å²) in [7, 11) is 2.16. The summed E-state index contributed by atoms with van der Waals surface area (Å²) in [5.74, 6) is 0.589. The average Bonchev–Trinajstić information content (AvgIpc) is 2.85. The van der Waals surface area contributed by atoms with Crippen LogP contribution in [0.2, 0.25) is 0 Å². The molecule has 2 aliphatic rings. The number of likely N-dealkylation sites (N-methyl/N-ethyl adjacent to an activating group) is 1. The summed E-state index contributed by atoms with van der Waals surface area (Å²) in [6.07, 6.45) is 2.62. The van der Waals surface area contributed by atoms with E-state index in [1.807, 2.05) is 19.2 Å². The molecule has 0 spiro atoms. The predicted octanol–water partition coefficient (Wildman–Crippen LogP) is 3.75. The van der Waals surface area contributed by atoms with E-state index in [0.29, 0.717) is 12.5 Å². The lowest BCUT2D eigenvalue weighted by atomic mass is 10.0. The number of aryl methyl sites for hydroxylation is 1. The van der Waals surface area contributed by atoms with Crippen molar-refractivity contribution in [2.75, 3.05) is 54.9 Å². The zero-order chi connectivity index (χ0) is 23.7. The van der Waals surface area contributed by atoms with Gasteiger partial charge in [0.1, 0.15) is 0 Å². The van der Waals surface area contributed by atoms with E-state index < -0.39 is 0 Å². The summed E-state index contributed by atoms with van der Waals surface area (Å²) >= 11 is 0. The first-order valence-corrected chi connectivity index (χ1v) is 11.6. The molecule has 2 aliphatic heterocycles. The van der Waals surface area contributed by atoms with E-state index in [-0.39, 0.29) is 10.6 Å². The van der Waals surface area contributed by atoms with Gasteiger partial charge in [0.25, 0.3) is 5.69 Å². The third-order valence-electron chi connectivity index (χ3n) is 6.67. The van der Waals surface area contributed by atoms with Crippen LogP contribution in [0.25, 0.3) is 0 Å². The average molecular weight is 460 g/mol. The van der Waals surface area contributed by atoms with Crippen LogP contribution in [-0.2, 0) is 13.0 Å². The van der Waals surface area contributed by atoms with Crippen LogP contribution in [0.5, 0.6) is 0 Å². The van der Waals surface area contributed by atoms with Crippen molar-refractivity contribution in [3.05, 3.63) is 75.6 Å². The zero-order valence-electron chi connectivity index (χ0n) is 19.6. The molecule has 176 valence electrons. The second-order valence-corrected chi connectivity index (χ2v) is 9.03. The van der Waals surface area contributed by atoms with E-state index in [1.165, 1.54) is 5.69 Å². The van der Waals surface area contributed by atoms with Crippen LogP contribution >= 0.6 is 0 Å². The first kappa shape index (κ1) is 22.1. The van der Waals surface area contributed by atoms with E-state index in [0.717, 1.165) is 67.3 Å². The number of benzene rings is 2. The molecule has 34 heavy (non-hydrogen) atoms. The number of non-ortho nitro benzene ring substituents is 1. The SMILES string of the molecule is Cc1ccc([N+](=O)[O-])cc1N1CCc2nc(Nc3ccc(N4CCN(C)CC4)cc3)ncc2C1. The van der Waals surface area contributed by atoms with Crippen LogP contribution in [0, 0.1) is 17.0 Å². The van der Waals surface area contributed by atoms with Gasteiger partial charge in [0.15, 0.2) is 0 Å². The number of aromatic nitrogens is 2. The largest absolute Gasteiger partial charge is 0.369 e. The maximum absolute atomic E-state index is 11.2. The maximum atomic E-state index is 11.2. The summed E-state index contributed by atoms with van der Waals surface area (Å²) in [6, 6.07) is 13.4. The second-order valence-electron chi connectivity index (χ2n) is 9.03. The Labute approximate surface area is 199 Å². The molecule has 0 saturated carbocycles. The lowest BCUT2D eigenvalue weighted by Gasteiger charge is -2.34. The van der Waals surface area contributed by atoms with Crippen molar-refractivity contribution in [3.63, 3.8) is 0 Å². The van der Waals surface area contributed by atoms with Crippen molar-refractivity contribution in [2.45, 2.75) is 19.9 Å². The molecule has 0 radical (unpaired) electrons. The van der Waals surface area contributed by atoms with E-state index in [1.54, 1.807) is 12.1 Å². The van der Waals surface area contributed by atoms with Crippen molar-refractivity contribution in [1.29, 1.82) is 0 Å². The van der Waals surface area contributed by atoms with Crippen molar-refractivity contribution in [3.8, 4) is 0 Å². The van der Waals surface area contributed by atoms with Crippen LogP contribution in [0.4, 0.5) is 28.7 Å². The molecule has 1 saturated heterocycles. The van der Waals surface area contributed by atoms with Gasteiger partial charge in [-0.25, -0.2) is 9.97 Å². The number of nitro benzene ring substituents is 1. The van der Waals surface area contributed by atoms with E-state index in [2.05, 4.69) is 56.3 Å². The van der Waals surface area contributed by atoms with Gasteiger partial charge in [-0.2, -0.15) is 0 Å².